The van der Waals surface area contributed by atoms with E-state index in [0.717, 1.165) is 35.0 Å². The van der Waals surface area contributed by atoms with Crippen LogP contribution in [0.5, 0.6) is 0 Å². The Morgan fingerprint density at radius 3 is 2.95 bits per heavy atom. The van der Waals surface area contributed by atoms with Crippen LogP contribution in [0.25, 0.3) is 11.2 Å². The van der Waals surface area contributed by atoms with Gasteiger partial charge in [-0.15, -0.1) is 0 Å². The number of hydrogen-bond acceptors (Lipinski definition) is 6. The van der Waals surface area contributed by atoms with Crippen molar-refractivity contribution in [1.29, 1.82) is 0 Å². The quantitative estimate of drug-likeness (QED) is 0.527. The highest BCUT2D eigenvalue weighted by atomic mass is 79.9. The second kappa shape index (κ2) is 7.49. The van der Waals surface area contributed by atoms with Gasteiger partial charge in [-0.2, -0.15) is 11.8 Å². The molecule has 2 rings (SSSR count). The molecule has 0 bridgehead atoms. The van der Waals surface area contributed by atoms with Crippen LogP contribution in [-0.4, -0.2) is 38.8 Å². The van der Waals surface area contributed by atoms with Gasteiger partial charge in [-0.05, 0) is 15.9 Å². The maximum Gasteiger partial charge on any atom is 0.197 e. The fourth-order valence-corrected chi connectivity index (χ4v) is 3.13. The molecule has 0 aliphatic carbocycles. The van der Waals surface area contributed by atoms with Gasteiger partial charge in [0.05, 0.1) is 15.6 Å². The van der Waals surface area contributed by atoms with Gasteiger partial charge in [0.25, 0.3) is 0 Å². The van der Waals surface area contributed by atoms with E-state index in [4.69, 9.17) is 25.8 Å². The maximum absolute atomic E-state index is 5.84. The molecule has 7 heteroatoms. The summed E-state index contributed by atoms with van der Waals surface area (Å²) >= 11 is 10.6. The molecule has 2 aromatic heterocycles. The molecule has 0 fully saturated rings. The average molecular weight is 378 g/mol. The summed E-state index contributed by atoms with van der Waals surface area (Å²) in [4.78, 5) is 2.05. The Hall–Kier alpha value is -0.500. The number of rotatable bonds is 7. The van der Waals surface area contributed by atoms with Gasteiger partial charge in [0.1, 0.15) is 6.26 Å². The van der Waals surface area contributed by atoms with Gasteiger partial charge in [0, 0.05) is 38.3 Å². The van der Waals surface area contributed by atoms with E-state index in [9.17, 15) is 0 Å². The van der Waals surface area contributed by atoms with Crippen molar-refractivity contribution < 1.29 is 13.6 Å². The van der Waals surface area contributed by atoms with E-state index in [1.165, 1.54) is 0 Å². The summed E-state index contributed by atoms with van der Waals surface area (Å²) < 4.78 is 17.7. The molecule has 0 aliphatic heterocycles. The maximum atomic E-state index is 5.84. The normalized spacial score (nSPS) is 11.2. The van der Waals surface area contributed by atoms with Crippen molar-refractivity contribution in [2.75, 3.05) is 43.7 Å². The standard InChI is InChI=1S/C13H16BrNO3S2/c1-15(3-5-20-6-4-16-2)11-7-10(19)13-12(18-11)9(14)8-17-13/h7-8H,3-6H2,1-2H3. The minimum absolute atomic E-state index is 0.610. The number of methoxy groups -OCH3 is 1. The Morgan fingerprint density at radius 1 is 1.40 bits per heavy atom. The van der Waals surface area contributed by atoms with Gasteiger partial charge in [0.15, 0.2) is 17.1 Å². The summed E-state index contributed by atoms with van der Waals surface area (Å²) in [6, 6.07) is 1.83. The van der Waals surface area contributed by atoms with Crippen LogP contribution in [0, 0.1) is 4.51 Å². The van der Waals surface area contributed by atoms with E-state index in [1.807, 2.05) is 24.9 Å². The molecule has 0 unspecified atom stereocenters. The summed E-state index contributed by atoms with van der Waals surface area (Å²) in [7, 11) is 3.71. The predicted molar refractivity (Wildman–Crippen MR) is 89.5 cm³/mol. The van der Waals surface area contributed by atoms with Crippen molar-refractivity contribution in [3.8, 4) is 0 Å². The van der Waals surface area contributed by atoms with E-state index in [2.05, 4.69) is 20.8 Å². The molecule has 0 aliphatic rings. The first kappa shape index (κ1) is 15.9. The van der Waals surface area contributed by atoms with E-state index in [1.54, 1.807) is 13.4 Å². The second-order valence-corrected chi connectivity index (χ2v) is 6.74. The van der Waals surface area contributed by atoms with Crippen LogP contribution in [0.15, 0.2) is 25.6 Å². The zero-order valence-electron chi connectivity index (χ0n) is 11.3. The molecule has 2 aromatic rings. The topological polar surface area (TPSA) is 38.8 Å². The van der Waals surface area contributed by atoms with E-state index in [0.29, 0.717) is 15.7 Å². The number of ether oxygens (including phenoxy) is 1. The third-order valence-electron chi connectivity index (χ3n) is 2.77. The lowest BCUT2D eigenvalue weighted by molar-refractivity contribution is 0.218. The third-order valence-corrected chi connectivity index (χ3v) is 4.54. The molecule has 2 heterocycles. The number of nitrogens with zero attached hydrogens (tertiary/aromatic N) is 1. The van der Waals surface area contributed by atoms with Gasteiger partial charge < -0.3 is 18.5 Å². The van der Waals surface area contributed by atoms with Crippen LogP contribution >= 0.6 is 39.9 Å². The minimum Gasteiger partial charge on any atom is -0.458 e. The van der Waals surface area contributed by atoms with Gasteiger partial charge in [-0.3, -0.25) is 0 Å². The fraction of sp³-hybridized carbons (Fsp3) is 0.462. The Labute approximate surface area is 135 Å². The number of fused-ring (bicyclic) bond motifs is 1. The number of furan rings is 1. The lowest BCUT2D eigenvalue weighted by Gasteiger charge is -2.17. The molecule has 0 radical (unpaired) electrons. The average Bonchev–Trinajstić information content (AvgIpc) is 2.81. The lowest BCUT2D eigenvalue weighted by atomic mass is 10.4. The van der Waals surface area contributed by atoms with Crippen molar-refractivity contribution >= 4 is 57.0 Å². The molecular weight excluding hydrogens is 362 g/mol. The monoisotopic (exact) mass is 377 g/mol. The highest BCUT2D eigenvalue weighted by Gasteiger charge is 2.12. The molecular formula is C13H16BrNO3S2. The Bertz CT molecular complexity index is 626. The van der Waals surface area contributed by atoms with Gasteiger partial charge >= 0.3 is 0 Å². The molecule has 0 saturated carbocycles. The number of hydrogen-bond donors (Lipinski definition) is 0. The van der Waals surface area contributed by atoms with Crippen molar-refractivity contribution in [2.45, 2.75) is 0 Å². The number of thioether (sulfide) groups is 1. The van der Waals surface area contributed by atoms with E-state index < -0.39 is 0 Å². The highest BCUT2D eigenvalue weighted by Crippen LogP contribution is 2.30. The second-order valence-electron chi connectivity index (χ2n) is 4.22. The summed E-state index contributed by atoms with van der Waals surface area (Å²) in [5, 5.41) is 0. The van der Waals surface area contributed by atoms with Crippen LogP contribution in [0.2, 0.25) is 0 Å². The summed E-state index contributed by atoms with van der Waals surface area (Å²) in [5.41, 5.74) is 1.27. The van der Waals surface area contributed by atoms with Crippen LogP contribution in [0.1, 0.15) is 0 Å². The van der Waals surface area contributed by atoms with Crippen molar-refractivity contribution in [1.82, 2.24) is 0 Å². The van der Waals surface area contributed by atoms with E-state index >= 15 is 0 Å². The largest absolute Gasteiger partial charge is 0.458 e. The third kappa shape index (κ3) is 3.78. The van der Waals surface area contributed by atoms with Crippen molar-refractivity contribution in [2.24, 2.45) is 0 Å². The molecule has 0 spiro atoms. The highest BCUT2D eigenvalue weighted by molar-refractivity contribution is 9.10. The molecule has 0 atom stereocenters. The first-order valence-corrected chi connectivity index (χ1v) is 8.47. The molecule has 0 aromatic carbocycles. The zero-order valence-corrected chi connectivity index (χ0v) is 14.6. The smallest absolute Gasteiger partial charge is 0.197 e. The van der Waals surface area contributed by atoms with Crippen molar-refractivity contribution in [3.05, 3.63) is 21.3 Å². The summed E-state index contributed by atoms with van der Waals surface area (Å²) in [6.07, 6.45) is 1.59. The SMILES string of the molecule is COCCSCCN(C)c1cc(=S)c2occ(Br)c2o1. The molecule has 110 valence electrons. The van der Waals surface area contributed by atoms with Crippen LogP contribution in [0.4, 0.5) is 5.88 Å². The Balaban J connectivity index is 2.04. The van der Waals surface area contributed by atoms with Crippen LogP contribution in [-0.2, 0) is 4.74 Å². The fourth-order valence-electron chi connectivity index (χ4n) is 1.65. The molecule has 0 amide bonds. The first-order valence-electron chi connectivity index (χ1n) is 6.12. The van der Waals surface area contributed by atoms with Gasteiger partial charge in [-0.25, -0.2) is 0 Å². The van der Waals surface area contributed by atoms with Crippen LogP contribution < -0.4 is 4.90 Å². The molecule has 20 heavy (non-hydrogen) atoms. The molecule has 4 nitrogen and oxygen atoms in total. The molecule has 0 N–H and O–H groups in total. The zero-order chi connectivity index (χ0) is 14.5. The summed E-state index contributed by atoms with van der Waals surface area (Å²) in [5.74, 6) is 2.75. The minimum atomic E-state index is 0.610. The summed E-state index contributed by atoms with van der Waals surface area (Å²) in [6.45, 7) is 1.66. The van der Waals surface area contributed by atoms with Gasteiger partial charge in [0.2, 0.25) is 0 Å². The lowest BCUT2D eigenvalue weighted by Crippen LogP contribution is -2.20. The van der Waals surface area contributed by atoms with Crippen LogP contribution in [0.3, 0.4) is 0 Å². The Kier molecular flexibility index (Phi) is 5.95. The van der Waals surface area contributed by atoms with Gasteiger partial charge in [-0.1, -0.05) is 12.2 Å². The first-order chi connectivity index (χ1) is 9.63. The number of anilines is 1. The number of halogens is 1. The molecule has 0 saturated heterocycles. The van der Waals surface area contributed by atoms with E-state index in [-0.39, 0.29) is 0 Å². The predicted octanol–water partition coefficient (Wildman–Crippen LogP) is 4.33. The van der Waals surface area contributed by atoms with Crippen molar-refractivity contribution in [3.63, 3.8) is 0 Å². The Morgan fingerprint density at radius 2 is 2.20 bits per heavy atom.